The highest BCUT2D eigenvalue weighted by Crippen LogP contribution is 2.32. The molecule has 7 heteroatoms. The summed E-state index contributed by atoms with van der Waals surface area (Å²) in [5.74, 6) is 1.75. The molecule has 1 aliphatic heterocycles. The summed E-state index contributed by atoms with van der Waals surface area (Å²) >= 11 is 0. The Morgan fingerprint density at radius 2 is 1.77 bits per heavy atom. The first kappa shape index (κ1) is 21.2. The summed E-state index contributed by atoms with van der Waals surface area (Å²) in [5, 5.41) is 10.9. The number of hydrogen-bond acceptors (Lipinski definition) is 7. The molecule has 7 nitrogen and oxygen atoms in total. The molecule has 0 saturated carbocycles. The summed E-state index contributed by atoms with van der Waals surface area (Å²) in [7, 11) is 1.57. The molecular formula is C24H28N2O5. The predicted octanol–water partition coefficient (Wildman–Crippen LogP) is 3.75. The molecular weight excluding hydrogens is 396 g/mol. The van der Waals surface area contributed by atoms with Crippen molar-refractivity contribution in [3.05, 3.63) is 57.9 Å². The van der Waals surface area contributed by atoms with Crippen LogP contribution in [0.3, 0.4) is 0 Å². The molecule has 0 spiro atoms. The molecule has 0 aliphatic carbocycles. The third-order valence-corrected chi connectivity index (χ3v) is 5.82. The van der Waals surface area contributed by atoms with Crippen molar-refractivity contribution in [2.75, 3.05) is 39.8 Å². The summed E-state index contributed by atoms with van der Waals surface area (Å²) in [5.41, 5.74) is 0.785. The number of ether oxygens (including phenoxy) is 2. The molecule has 2 aromatic carbocycles. The van der Waals surface area contributed by atoms with Crippen LogP contribution in [-0.2, 0) is 6.54 Å². The van der Waals surface area contributed by atoms with Crippen molar-refractivity contribution >= 4 is 11.0 Å². The smallest absolute Gasteiger partial charge is 0.235 e. The van der Waals surface area contributed by atoms with Crippen LogP contribution >= 0.6 is 0 Å². The second-order valence-corrected chi connectivity index (χ2v) is 7.75. The Labute approximate surface area is 181 Å². The van der Waals surface area contributed by atoms with Crippen LogP contribution in [0.2, 0.25) is 0 Å². The summed E-state index contributed by atoms with van der Waals surface area (Å²) < 4.78 is 17.1. The standard InChI is InChI=1S/C24H28N2O5/c1-4-25-10-12-26(13-11-25)15-20-21(27)9-8-19-22(28)23(16(2)30-24(19)20)31-18-7-5-6-17(14-18)29-3/h5-9,14,27H,4,10-13,15H2,1-3H3. The maximum atomic E-state index is 13.2. The Kier molecular flexibility index (Phi) is 6.15. The van der Waals surface area contributed by atoms with Gasteiger partial charge >= 0.3 is 0 Å². The van der Waals surface area contributed by atoms with Gasteiger partial charge in [0.15, 0.2) is 0 Å². The van der Waals surface area contributed by atoms with Crippen LogP contribution in [-0.4, -0.2) is 54.7 Å². The van der Waals surface area contributed by atoms with Gasteiger partial charge in [0.2, 0.25) is 11.2 Å². The van der Waals surface area contributed by atoms with E-state index in [1.54, 1.807) is 50.4 Å². The lowest BCUT2D eigenvalue weighted by Gasteiger charge is -2.34. The maximum Gasteiger partial charge on any atom is 0.235 e. The lowest BCUT2D eigenvalue weighted by atomic mass is 10.1. The molecule has 1 N–H and O–H groups in total. The van der Waals surface area contributed by atoms with E-state index in [1.165, 1.54) is 0 Å². The minimum absolute atomic E-state index is 0.133. The molecule has 0 radical (unpaired) electrons. The number of benzene rings is 2. The quantitative estimate of drug-likeness (QED) is 0.646. The number of likely N-dealkylation sites (N-methyl/N-ethyl adjacent to an activating group) is 1. The third-order valence-electron chi connectivity index (χ3n) is 5.82. The Hall–Kier alpha value is -3.03. The average Bonchev–Trinajstić information content (AvgIpc) is 2.79. The van der Waals surface area contributed by atoms with E-state index in [0.717, 1.165) is 32.7 Å². The van der Waals surface area contributed by atoms with Crippen LogP contribution in [0.1, 0.15) is 18.2 Å². The Morgan fingerprint density at radius 1 is 1.06 bits per heavy atom. The van der Waals surface area contributed by atoms with Crippen LogP contribution in [0.15, 0.2) is 45.6 Å². The van der Waals surface area contributed by atoms with Crippen molar-refractivity contribution in [1.29, 1.82) is 0 Å². The number of nitrogens with zero attached hydrogens (tertiary/aromatic N) is 2. The van der Waals surface area contributed by atoms with Gasteiger partial charge in [-0.15, -0.1) is 0 Å². The SMILES string of the molecule is CCN1CCN(Cc2c(O)ccc3c(=O)c(Oc4cccc(OC)c4)c(C)oc23)CC1. The zero-order valence-electron chi connectivity index (χ0n) is 18.2. The topological polar surface area (TPSA) is 75.4 Å². The highest BCUT2D eigenvalue weighted by Gasteiger charge is 2.22. The van der Waals surface area contributed by atoms with E-state index in [0.29, 0.717) is 40.3 Å². The van der Waals surface area contributed by atoms with Crippen molar-refractivity contribution < 1.29 is 19.0 Å². The summed E-state index contributed by atoms with van der Waals surface area (Å²) in [6.45, 7) is 9.22. The normalized spacial score (nSPS) is 15.3. The summed E-state index contributed by atoms with van der Waals surface area (Å²) in [6.07, 6.45) is 0. The zero-order valence-corrected chi connectivity index (χ0v) is 18.2. The van der Waals surface area contributed by atoms with Crippen molar-refractivity contribution in [2.45, 2.75) is 20.4 Å². The van der Waals surface area contributed by atoms with E-state index in [9.17, 15) is 9.90 Å². The van der Waals surface area contributed by atoms with E-state index in [2.05, 4.69) is 16.7 Å². The minimum atomic E-state index is -0.265. The Bertz CT molecular complexity index is 1130. The number of fused-ring (bicyclic) bond motifs is 1. The number of rotatable bonds is 6. The molecule has 3 aromatic rings. The van der Waals surface area contributed by atoms with Crippen molar-refractivity contribution in [1.82, 2.24) is 9.80 Å². The number of phenols is 1. The third kappa shape index (κ3) is 4.38. The van der Waals surface area contributed by atoms with E-state index < -0.39 is 0 Å². The molecule has 0 bridgehead atoms. The van der Waals surface area contributed by atoms with Crippen LogP contribution in [0.4, 0.5) is 0 Å². The van der Waals surface area contributed by atoms with Gasteiger partial charge in [-0.1, -0.05) is 13.0 Å². The lowest BCUT2D eigenvalue weighted by molar-refractivity contribution is 0.131. The van der Waals surface area contributed by atoms with Crippen LogP contribution in [0.25, 0.3) is 11.0 Å². The average molecular weight is 424 g/mol. The summed E-state index contributed by atoms with van der Waals surface area (Å²) in [4.78, 5) is 17.9. The minimum Gasteiger partial charge on any atom is -0.507 e. The zero-order chi connectivity index (χ0) is 22.0. The van der Waals surface area contributed by atoms with Crippen molar-refractivity contribution in [3.63, 3.8) is 0 Å². The molecule has 1 fully saturated rings. The molecule has 0 unspecified atom stereocenters. The number of aromatic hydroxyl groups is 1. The van der Waals surface area contributed by atoms with E-state index >= 15 is 0 Å². The molecule has 31 heavy (non-hydrogen) atoms. The van der Waals surface area contributed by atoms with Crippen molar-refractivity contribution in [2.24, 2.45) is 0 Å². The van der Waals surface area contributed by atoms with Crippen LogP contribution < -0.4 is 14.9 Å². The van der Waals surface area contributed by atoms with Gasteiger partial charge in [0.25, 0.3) is 0 Å². The van der Waals surface area contributed by atoms with Gasteiger partial charge in [0.1, 0.15) is 28.6 Å². The molecule has 0 atom stereocenters. The fourth-order valence-electron chi connectivity index (χ4n) is 3.94. The summed E-state index contributed by atoms with van der Waals surface area (Å²) in [6, 6.07) is 10.2. The van der Waals surface area contributed by atoms with Gasteiger partial charge in [0.05, 0.1) is 18.1 Å². The number of methoxy groups -OCH3 is 1. The van der Waals surface area contributed by atoms with Gasteiger partial charge in [-0.2, -0.15) is 0 Å². The molecule has 1 aliphatic rings. The van der Waals surface area contributed by atoms with Gasteiger partial charge < -0.3 is 23.9 Å². The fourth-order valence-corrected chi connectivity index (χ4v) is 3.94. The van der Waals surface area contributed by atoms with Gasteiger partial charge in [0, 0.05) is 38.8 Å². The van der Waals surface area contributed by atoms with Gasteiger partial charge in [-0.05, 0) is 37.7 Å². The van der Waals surface area contributed by atoms with Crippen LogP contribution in [0, 0.1) is 6.92 Å². The molecule has 2 heterocycles. The number of piperazine rings is 1. The number of aryl methyl sites for hydroxylation is 1. The molecule has 4 rings (SSSR count). The first-order chi connectivity index (χ1) is 15.0. The second-order valence-electron chi connectivity index (χ2n) is 7.75. The largest absolute Gasteiger partial charge is 0.507 e. The number of phenolic OH excluding ortho intramolecular Hbond substituents is 1. The first-order valence-electron chi connectivity index (χ1n) is 10.5. The Morgan fingerprint density at radius 3 is 2.48 bits per heavy atom. The van der Waals surface area contributed by atoms with Crippen LogP contribution in [0.5, 0.6) is 23.0 Å². The second kappa shape index (κ2) is 8.99. The van der Waals surface area contributed by atoms with Gasteiger partial charge in [-0.3, -0.25) is 9.69 Å². The molecule has 1 aromatic heterocycles. The highest BCUT2D eigenvalue weighted by atomic mass is 16.5. The number of hydrogen-bond donors (Lipinski definition) is 1. The highest BCUT2D eigenvalue weighted by molar-refractivity contribution is 5.83. The van der Waals surface area contributed by atoms with E-state index in [-0.39, 0.29) is 16.9 Å². The first-order valence-corrected chi connectivity index (χ1v) is 10.5. The Balaban J connectivity index is 1.68. The molecule has 164 valence electrons. The van der Waals surface area contributed by atoms with Gasteiger partial charge in [-0.25, -0.2) is 0 Å². The maximum absolute atomic E-state index is 13.2. The van der Waals surface area contributed by atoms with Crippen molar-refractivity contribution in [3.8, 4) is 23.0 Å². The lowest BCUT2D eigenvalue weighted by Crippen LogP contribution is -2.45. The van der Waals surface area contributed by atoms with E-state index in [1.807, 2.05) is 0 Å². The molecule has 1 saturated heterocycles. The monoisotopic (exact) mass is 424 g/mol. The van der Waals surface area contributed by atoms with E-state index in [4.69, 9.17) is 13.9 Å². The fraction of sp³-hybridized carbons (Fsp3) is 0.375. The predicted molar refractivity (Wildman–Crippen MR) is 119 cm³/mol. The molecule has 0 amide bonds.